The summed E-state index contributed by atoms with van der Waals surface area (Å²) in [4.78, 5) is 23.9. The van der Waals surface area contributed by atoms with Crippen LogP contribution in [0.5, 0.6) is 0 Å². The van der Waals surface area contributed by atoms with Crippen molar-refractivity contribution in [2.75, 3.05) is 11.4 Å². The van der Waals surface area contributed by atoms with Crippen LogP contribution >= 0.6 is 23.2 Å². The lowest BCUT2D eigenvalue weighted by molar-refractivity contribution is -0.120. The highest BCUT2D eigenvalue weighted by Gasteiger charge is 2.24. The van der Waals surface area contributed by atoms with Gasteiger partial charge in [0.2, 0.25) is 5.91 Å². The second-order valence-electron chi connectivity index (χ2n) is 3.38. The molecule has 3 amide bonds. The number of carbonyl (C=O) groups is 2. The minimum absolute atomic E-state index is 0.269. The van der Waals surface area contributed by atoms with Gasteiger partial charge in [0.15, 0.2) is 0 Å². The Labute approximate surface area is 102 Å². The zero-order valence-corrected chi connectivity index (χ0v) is 9.68. The fraction of sp³-hybridized carbons (Fsp3) is 0.200. The molecule has 1 heterocycles. The van der Waals surface area contributed by atoms with E-state index in [1.165, 1.54) is 4.90 Å². The van der Waals surface area contributed by atoms with Crippen LogP contribution < -0.4 is 10.2 Å². The smallest absolute Gasteiger partial charge is 0.294 e. The van der Waals surface area contributed by atoms with Crippen molar-refractivity contribution in [2.45, 2.75) is 6.42 Å². The molecule has 1 aromatic rings. The molecule has 1 aliphatic heterocycles. The standard InChI is InChI=1S/C10H8Cl2N2O2/c11-6-3-7(12)5-8(4-6)14-2-1-9(15)13-10(14)16/h3-5H,1-2H2,(H,13,15,16). The molecule has 0 saturated carbocycles. The molecule has 1 saturated heterocycles. The number of amides is 3. The molecular weight excluding hydrogens is 251 g/mol. The van der Waals surface area contributed by atoms with Crippen molar-refractivity contribution in [1.82, 2.24) is 5.32 Å². The minimum Gasteiger partial charge on any atom is -0.294 e. The van der Waals surface area contributed by atoms with Gasteiger partial charge in [0, 0.05) is 28.7 Å². The first-order valence-electron chi connectivity index (χ1n) is 4.64. The molecule has 0 spiro atoms. The summed E-state index contributed by atoms with van der Waals surface area (Å²) in [5.74, 6) is -0.269. The van der Waals surface area contributed by atoms with Gasteiger partial charge < -0.3 is 0 Å². The normalized spacial score (nSPS) is 16.2. The number of benzene rings is 1. The van der Waals surface area contributed by atoms with Gasteiger partial charge in [-0.2, -0.15) is 0 Å². The quantitative estimate of drug-likeness (QED) is 0.842. The van der Waals surface area contributed by atoms with E-state index in [9.17, 15) is 9.59 Å². The Kier molecular flexibility index (Phi) is 3.03. The summed E-state index contributed by atoms with van der Waals surface area (Å²) < 4.78 is 0. The van der Waals surface area contributed by atoms with Gasteiger partial charge in [-0.15, -0.1) is 0 Å². The maximum atomic E-state index is 11.5. The van der Waals surface area contributed by atoms with Gasteiger partial charge in [-0.1, -0.05) is 23.2 Å². The molecule has 1 fully saturated rings. The number of rotatable bonds is 1. The zero-order valence-electron chi connectivity index (χ0n) is 8.17. The molecule has 2 rings (SSSR count). The topological polar surface area (TPSA) is 49.4 Å². The zero-order chi connectivity index (χ0) is 11.7. The lowest BCUT2D eigenvalue weighted by Gasteiger charge is -2.26. The first kappa shape index (κ1) is 11.2. The molecule has 0 bridgehead atoms. The summed E-state index contributed by atoms with van der Waals surface area (Å²) in [6.45, 7) is 0.335. The van der Waals surface area contributed by atoms with Gasteiger partial charge >= 0.3 is 6.03 Å². The molecule has 6 heteroatoms. The molecular formula is C10H8Cl2N2O2. The van der Waals surface area contributed by atoms with E-state index in [-0.39, 0.29) is 12.3 Å². The number of imide groups is 1. The lowest BCUT2D eigenvalue weighted by atomic mass is 10.2. The third kappa shape index (κ3) is 2.28. The molecule has 1 aliphatic rings. The van der Waals surface area contributed by atoms with Crippen LogP contribution in [0.15, 0.2) is 18.2 Å². The molecule has 0 atom stereocenters. The molecule has 84 valence electrons. The van der Waals surface area contributed by atoms with Crippen LogP contribution in [0.25, 0.3) is 0 Å². The number of nitrogens with zero attached hydrogens (tertiary/aromatic N) is 1. The number of anilines is 1. The van der Waals surface area contributed by atoms with E-state index in [2.05, 4.69) is 5.32 Å². The van der Waals surface area contributed by atoms with Gasteiger partial charge in [0.1, 0.15) is 0 Å². The van der Waals surface area contributed by atoms with Crippen LogP contribution in [0.3, 0.4) is 0 Å². The highest BCUT2D eigenvalue weighted by Crippen LogP contribution is 2.26. The van der Waals surface area contributed by atoms with Crippen molar-refractivity contribution >= 4 is 40.8 Å². The second kappa shape index (κ2) is 4.31. The number of urea groups is 1. The summed E-state index contributed by atoms with van der Waals surface area (Å²) in [5.41, 5.74) is 0.586. The second-order valence-corrected chi connectivity index (χ2v) is 4.26. The molecule has 0 radical (unpaired) electrons. The third-order valence-corrected chi connectivity index (χ3v) is 2.65. The molecule has 0 aliphatic carbocycles. The highest BCUT2D eigenvalue weighted by atomic mass is 35.5. The largest absolute Gasteiger partial charge is 0.328 e. The van der Waals surface area contributed by atoms with Crippen molar-refractivity contribution in [1.29, 1.82) is 0 Å². The van der Waals surface area contributed by atoms with Gasteiger partial charge in [-0.3, -0.25) is 15.0 Å². The number of hydrogen-bond acceptors (Lipinski definition) is 2. The van der Waals surface area contributed by atoms with Crippen LogP contribution in [-0.2, 0) is 4.79 Å². The predicted molar refractivity (Wildman–Crippen MR) is 62.0 cm³/mol. The van der Waals surface area contributed by atoms with Crippen LogP contribution in [0.2, 0.25) is 10.0 Å². The maximum Gasteiger partial charge on any atom is 0.328 e. The minimum atomic E-state index is -0.449. The fourth-order valence-corrected chi connectivity index (χ4v) is 2.02. The molecule has 1 aromatic carbocycles. The summed E-state index contributed by atoms with van der Waals surface area (Å²) in [6, 6.07) is 4.39. The van der Waals surface area contributed by atoms with E-state index in [4.69, 9.17) is 23.2 Å². The van der Waals surface area contributed by atoms with E-state index in [1.54, 1.807) is 18.2 Å². The summed E-state index contributed by atoms with van der Waals surface area (Å²) in [6.07, 6.45) is 0.274. The van der Waals surface area contributed by atoms with Crippen LogP contribution in [-0.4, -0.2) is 18.5 Å². The number of hydrogen-bond donors (Lipinski definition) is 1. The van der Waals surface area contributed by atoms with Crippen molar-refractivity contribution in [2.24, 2.45) is 0 Å². The SMILES string of the molecule is O=C1CCN(c2cc(Cl)cc(Cl)c2)C(=O)N1. The van der Waals surface area contributed by atoms with Gasteiger partial charge in [0.05, 0.1) is 0 Å². The van der Waals surface area contributed by atoms with E-state index in [0.717, 1.165) is 0 Å². The Balaban J connectivity index is 2.30. The summed E-state index contributed by atoms with van der Waals surface area (Å²) >= 11 is 11.7. The van der Waals surface area contributed by atoms with E-state index < -0.39 is 6.03 Å². The molecule has 4 nitrogen and oxygen atoms in total. The third-order valence-electron chi connectivity index (χ3n) is 2.21. The van der Waals surface area contributed by atoms with Gasteiger partial charge in [0.25, 0.3) is 0 Å². The Morgan fingerprint density at radius 3 is 2.31 bits per heavy atom. The van der Waals surface area contributed by atoms with Crippen LogP contribution in [0.1, 0.15) is 6.42 Å². The summed E-state index contributed by atoms with van der Waals surface area (Å²) in [5, 5.41) is 3.13. The molecule has 16 heavy (non-hydrogen) atoms. The first-order valence-corrected chi connectivity index (χ1v) is 5.39. The number of halogens is 2. The van der Waals surface area contributed by atoms with Crippen molar-refractivity contribution in [3.8, 4) is 0 Å². The highest BCUT2D eigenvalue weighted by molar-refractivity contribution is 6.35. The predicted octanol–water partition coefficient (Wildman–Crippen LogP) is 2.44. The van der Waals surface area contributed by atoms with Crippen LogP contribution in [0.4, 0.5) is 10.5 Å². The van der Waals surface area contributed by atoms with Crippen molar-refractivity contribution in [3.63, 3.8) is 0 Å². The maximum absolute atomic E-state index is 11.5. The monoisotopic (exact) mass is 258 g/mol. The average Bonchev–Trinajstić information content (AvgIpc) is 2.15. The van der Waals surface area contributed by atoms with E-state index in [1.807, 2.05) is 0 Å². The van der Waals surface area contributed by atoms with E-state index in [0.29, 0.717) is 22.3 Å². The lowest BCUT2D eigenvalue weighted by Crippen LogP contribution is -2.49. The Morgan fingerprint density at radius 1 is 1.12 bits per heavy atom. The summed E-state index contributed by atoms with van der Waals surface area (Å²) in [7, 11) is 0. The van der Waals surface area contributed by atoms with Crippen molar-refractivity contribution in [3.05, 3.63) is 28.2 Å². The van der Waals surface area contributed by atoms with Crippen molar-refractivity contribution < 1.29 is 9.59 Å². The Hall–Kier alpha value is -1.26. The molecule has 0 aromatic heterocycles. The van der Waals surface area contributed by atoms with E-state index >= 15 is 0 Å². The molecule has 1 N–H and O–H groups in total. The molecule has 0 unspecified atom stereocenters. The first-order chi connectivity index (χ1) is 7.56. The Bertz CT molecular complexity index is 442. The Morgan fingerprint density at radius 2 is 1.75 bits per heavy atom. The number of carbonyl (C=O) groups excluding carboxylic acids is 2. The van der Waals surface area contributed by atoms with Gasteiger partial charge in [-0.05, 0) is 18.2 Å². The van der Waals surface area contributed by atoms with Gasteiger partial charge in [-0.25, -0.2) is 4.79 Å². The number of nitrogens with one attached hydrogen (secondary N) is 1. The average molecular weight is 259 g/mol. The fourth-order valence-electron chi connectivity index (χ4n) is 1.51. The van der Waals surface area contributed by atoms with Crippen LogP contribution in [0, 0.1) is 0 Å².